The van der Waals surface area contributed by atoms with E-state index in [2.05, 4.69) is 0 Å². The van der Waals surface area contributed by atoms with Gasteiger partial charge in [0.25, 0.3) is 0 Å². The van der Waals surface area contributed by atoms with Gasteiger partial charge in [0.2, 0.25) is 0 Å². The Morgan fingerprint density at radius 2 is 1.84 bits per heavy atom. The fourth-order valence-corrected chi connectivity index (χ4v) is 1.39. The van der Waals surface area contributed by atoms with Crippen LogP contribution in [0.5, 0.6) is 5.75 Å². The number of carbonyl (C=O) groups excluding carboxylic acids is 2. The Morgan fingerprint density at radius 3 is 2.42 bits per heavy atom. The first kappa shape index (κ1) is 15.0. The second-order valence-electron chi connectivity index (χ2n) is 3.88. The third-order valence-electron chi connectivity index (χ3n) is 2.26. The molecule has 0 saturated carbocycles. The molecular formula is C15H18O4. The first-order chi connectivity index (χ1) is 9.15. The van der Waals surface area contributed by atoms with E-state index in [4.69, 9.17) is 9.47 Å². The van der Waals surface area contributed by atoms with Gasteiger partial charge in [-0.2, -0.15) is 0 Å². The van der Waals surface area contributed by atoms with E-state index in [9.17, 15) is 9.59 Å². The third-order valence-corrected chi connectivity index (χ3v) is 2.26. The average Bonchev–Trinajstić information content (AvgIpc) is 2.38. The van der Waals surface area contributed by atoms with Crippen molar-refractivity contribution in [1.29, 1.82) is 0 Å². The van der Waals surface area contributed by atoms with Gasteiger partial charge in [0, 0.05) is 12.5 Å². The molecule has 0 amide bonds. The van der Waals surface area contributed by atoms with Gasteiger partial charge < -0.3 is 9.47 Å². The van der Waals surface area contributed by atoms with Crippen molar-refractivity contribution >= 4 is 18.0 Å². The highest BCUT2D eigenvalue weighted by Gasteiger charge is 2.02. The summed E-state index contributed by atoms with van der Waals surface area (Å²) in [7, 11) is 0. The molecule has 0 aliphatic carbocycles. The van der Waals surface area contributed by atoms with Gasteiger partial charge in [-0.15, -0.1) is 0 Å². The molecule has 0 fully saturated rings. The predicted molar refractivity (Wildman–Crippen MR) is 72.7 cm³/mol. The molecule has 1 aromatic rings. The quantitative estimate of drug-likeness (QED) is 0.449. The van der Waals surface area contributed by atoms with Crippen LogP contribution in [0.3, 0.4) is 0 Å². The van der Waals surface area contributed by atoms with Crippen LogP contribution in [0.1, 0.15) is 32.3 Å². The summed E-state index contributed by atoms with van der Waals surface area (Å²) in [5.41, 5.74) is 0.836. The van der Waals surface area contributed by atoms with Crippen molar-refractivity contribution in [2.24, 2.45) is 0 Å². The molecule has 1 rings (SSSR count). The van der Waals surface area contributed by atoms with Gasteiger partial charge in [-0.1, -0.05) is 19.1 Å². The van der Waals surface area contributed by atoms with Crippen molar-refractivity contribution in [1.82, 2.24) is 0 Å². The molecule has 4 heteroatoms. The number of esters is 2. The molecule has 0 heterocycles. The maximum Gasteiger partial charge on any atom is 0.330 e. The van der Waals surface area contributed by atoms with Crippen molar-refractivity contribution in [2.45, 2.75) is 26.7 Å². The maximum absolute atomic E-state index is 11.3. The lowest BCUT2D eigenvalue weighted by Crippen LogP contribution is -2.06. The van der Waals surface area contributed by atoms with E-state index in [1.54, 1.807) is 37.3 Å². The first-order valence-corrected chi connectivity index (χ1v) is 6.31. The lowest BCUT2D eigenvalue weighted by Gasteiger charge is -2.03. The van der Waals surface area contributed by atoms with Crippen LogP contribution in [0.2, 0.25) is 0 Å². The van der Waals surface area contributed by atoms with E-state index in [-0.39, 0.29) is 11.9 Å². The van der Waals surface area contributed by atoms with E-state index in [1.165, 1.54) is 6.08 Å². The minimum Gasteiger partial charge on any atom is -0.463 e. The molecule has 0 N–H and O–H groups in total. The molecule has 0 bridgehead atoms. The first-order valence-electron chi connectivity index (χ1n) is 6.31. The predicted octanol–water partition coefficient (Wildman–Crippen LogP) is 2.97. The molecule has 0 aromatic heterocycles. The Bertz CT molecular complexity index is 446. The molecule has 19 heavy (non-hydrogen) atoms. The highest BCUT2D eigenvalue weighted by Crippen LogP contribution is 2.14. The summed E-state index contributed by atoms with van der Waals surface area (Å²) in [5.74, 6) is -0.106. The third kappa shape index (κ3) is 5.86. The molecule has 1 aromatic carbocycles. The second kappa shape index (κ2) is 8.08. The Morgan fingerprint density at radius 1 is 1.16 bits per heavy atom. The van der Waals surface area contributed by atoms with Crippen LogP contribution < -0.4 is 4.74 Å². The maximum atomic E-state index is 11.3. The van der Waals surface area contributed by atoms with Crippen LogP contribution in [0.15, 0.2) is 30.3 Å². The van der Waals surface area contributed by atoms with Crippen molar-refractivity contribution in [3.05, 3.63) is 35.9 Å². The van der Waals surface area contributed by atoms with Crippen LogP contribution >= 0.6 is 0 Å². The Kier molecular flexibility index (Phi) is 6.36. The standard InChI is InChI=1S/C15H18O4/c1-3-5-15(17)19-13-9-6-12(7-10-13)8-11-14(16)18-4-2/h6-11H,3-5H2,1-2H3. The summed E-state index contributed by atoms with van der Waals surface area (Å²) in [4.78, 5) is 22.4. The van der Waals surface area contributed by atoms with E-state index in [0.29, 0.717) is 18.8 Å². The van der Waals surface area contributed by atoms with Gasteiger partial charge in [0.1, 0.15) is 5.75 Å². The highest BCUT2D eigenvalue weighted by molar-refractivity contribution is 5.87. The molecular weight excluding hydrogens is 244 g/mol. The van der Waals surface area contributed by atoms with E-state index in [1.807, 2.05) is 6.92 Å². The number of hydrogen-bond donors (Lipinski definition) is 0. The summed E-state index contributed by atoms with van der Waals surface area (Å²) in [6, 6.07) is 6.92. The minimum absolute atomic E-state index is 0.239. The average molecular weight is 262 g/mol. The van der Waals surface area contributed by atoms with E-state index in [0.717, 1.165) is 12.0 Å². The Balaban J connectivity index is 2.56. The number of benzene rings is 1. The van der Waals surface area contributed by atoms with Crippen molar-refractivity contribution in [2.75, 3.05) is 6.61 Å². The largest absolute Gasteiger partial charge is 0.463 e. The van der Waals surface area contributed by atoms with Crippen molar-refractivity contribution in [3.8, 4) is 5.75 Å². The van der Waals surface area contributed by atoms with Crippen LogP contribution in [-0.4, -0.2) is 18.5 Å². The van der Waals surface area contributed by atoms with Gasteiger partial charge in [0.15, 0.2) is 0 Å². The number of hydrogen-bond acceptors (Lipinski definition) is 4. The molecule has 0 unspecified atom stereocenters. The molecule has 0 aliphatic rings. The number of rotatable bonds is 6. The molecule has 102 valence electrons. The summed E-state index contributed by atoms with van der Waals surface area (Å²) in [6.45, 7) is 4.03. The number of carbonyl (C=O) groups is 2. The SMILES string of the molecule is CCCC(=O)Oc1ccc(C=CC(=O)OCC)cc1. The van der Waals surface area contributed by atoms with Gasteiger partial charge in [0.05, 0.1) is 6.61 Å². The van der Waals surface area contributed by atoms with Gasteiger partial charge in [-0.25, -0.2) is 4.79 Å². The van der Waals surface area contributed by atoms with Gasteiger partial charge in [-0.05, 0) is 37.1 Å². The summed E-state index contributed by atoms with van der Waals surface area (Å²) in [6.07, 6.45) is 4.18. The highest BCUT2D eigenvalue weighted by atomic mass is 16.5. The van der Waals surface area contributed by atoms with E-state index >= 15 is 0 Å². The zero-order valence-corrected chi connectivity index (χ0v) is 11.2. The zero-order valence-electron chi connectivity index (χ0n) is 11.2. The Hall–Kier alpha value is -2.10. The van der Waals surface area contributed by atoms with E-state index < -0.39 is 0 Å². The molecule has 0 aliphatic heterocycles. The second-order valence-corrected chi connectivity index (χ2v) is 3.88. The van der Waals surface area contributed by atoms with Crippen molar-refractivity contribution < 1.29 is 19.1 Å². The summed E-state index contributed by atoms with van der Waals surface area (Å²) in [5, 5.41) is 0. The summed E-state index contributed by atoms with van der Waals surface area (Å²) < 4.78 is 9.89. The lowest BCUT2D eigenvalue weighted by atomic mass is 10.2. The summed E-state index contributed by atoms with van der Waals surface area (Å²) >= 11 is 0. The van der Waals surface area contributed by atoms with Crippen LogP contribution in [0, 0.1) is 0 Å². The molecule has 0 saturated heterocycles. The van der Waals surface area contributed by atoms with Crippen molar-refractivity contribution in [3.63, 3.8) is 0 Å². The monoisotopic (exact) mass is 262 g/mol. The fourth-order valence-electron chi connectivity index (χ4n) is 1.39. The van der Waals surface area contributed by atoms with Crippen LogP contribution in [0.25, 0.3) is 6.08 Å². The number of ether oxygens (including phenoxy) is 2. The molecule has 0 atom stereocenters. The van der Waals surface area contributed by atoms with Crippen LogP contribution in [-0.2, 0) is 14.3 Å². The molecule has 0 radical (unpaired) electrons. The van der Waals surface area contributed by atoms with Gasteiger partial charge >= 0.3 is 11.9 Å². The Labute approximate surface area is 113 Å². The minimum atomic E-state index is -0.374. The lowest BCUT2D eigenvalue weighted by molar-refractivity contribution is -0.137. The van der Waals surface area contributed by atoms with Gasteiger partial charge in [-0.3, -0.25) is 4.79 Å². The molecule has 0 spiro atoms. The smallest absolute Gasteiger partial charge is 0.330 e. The molecule has 4 nitrogen and oxygen atoms in total. The fraction of sp³-hybridized carbons (Fsp3) is 0.333. The van der Waals surface area contributed by atoms with Crippen LogP contribution in [0.4, 0.5) is 0 Å². The zero-order chi connectivity index (χ0) is 14.1. The normalized spacial score (nSPS) is 10.4. The topological polar surface area (TPSA) is 52.6 Å².